The maximum absolute atomic E-state index is 12.0. The van der Waals surface area contributed by atoms with Crippen molar-refractivity contribution in [2.24, 2.45) is 5.92 Å². The summed E-state index contributed by atoms with van der Waals surface area (Å²) < 4.78 is 1.54. The molecule has 0 aliphatic heterocycles. The standard InChI is InChI=1S/C14H13BrClIN2O/c1-7(2)5-11-12(17)14(20)19-13(18-11)9-4-3-8(15)6-10(9)16/h3-4,6-7H,5H2,1-2H3,(H,18,19,20). The Labute approximate surface area is 144 Å². The van der Waals surface area contributed by atoms with Crippen molar-refractivity contribution < 1.29 is 0 Å². The van der Waals surface area contributed by atoms with Crippen molar-refractivity contribution in [3.05, 3.63) is 47.3 Å². The maximum Gasteiger partial charge on any atom is 0.264 e. The Kier molecular flexibility index (Phi) is 5.25. The lowest BCUT2D eigenvalue weighted by Crippen LogP contribution is -2.17. The summed E-state index contributed by atoms with van der Waals surface area (Å²) in [5.41, 5.74) is 1.43. The van der Waals surface area contributed by atoms with Crippen LogP contribution in [0.3, 0.4) is 0 Å². The molecule has 0 spiro atoms. The Morgan fingerprint density at radius 2 is 2.15 bits per heavy atom. The smallest absolute Gasteiger partial charge is 0.264 e. The molecule has 2 aromatic rings. The number of hydrogen-bond acceptors (Lipinski definition) is 2. The van der Waals surface area contributed by atoms with Crippen molar-refractivity contribution in [1.29, 1.82) is 0 Å². The largest absolute Gasteiger partial charge is 0.306 e. The van der Waals surface area contributed by atoms with Crippen molar-refractivity contribution in [1.82, 2.24) is 9.97 Å². The van der Waals surface area contributed by atoms with Crippen LogP contribution in [0.15, 0.2) is 27.5 Å². The van der Waals surface area contributed by atoms with E-state index in [1.54, 1.807) is 6.07 Å². The monoisotopic (exact) mass is 466 g/mol. The minimum atomic E-state index is -0.120. The molecule has 0 saturated carbocycles. The van der Waals surface area contributed by atoms with E-state index in [4.69, 9.17) is 11.6 Å². The Hall–Kier alpha value is -0.400. The van der Waals surface area contributed by atoms with Crippen LogP contribution < -0.4 is 5.56 Å². The van der Waals surface area contributed by atoms with Gasteiger partial charge in [-0.2, -0.15) is 0 Å². The van der Waals surface area contributed by atoms with Crippen LogP contribution in [0.5, 0.6) is 0 Å². The summed E-state index contributed by atoms with van der Waals surface area (Å²) in [6, 6.07) is 5.51. The SMILES string of the molecule is CC(C)Cc1nc(-c2ccc(Br)cc2Cl)[nH]c(=O)c1I. The predicted molar refractivity (Wildman–Crippen MR) is 94.3 cm³/mol. The molecule has 0 atom stereocenters. The molecule has 20 heavy (non-hydrogen) atoms. The minimum Gasteiger partial charge on any atom is -0.306 e. The van der Waals surface area contributed by atoms with Crippen molar-refractivity contribution >= 4 is 50.1 Å². The third kappa shape index (κ3) is 3.62. The van der Waals surface area contributed by atoms with Gasteiger partial charge in [0, 0.05) is 10.0 Å². The highest BCUT2D eigenvalue weighted by Gasteiger charge is 2.13. The fraction of sp³-hybridized carbons (Fsp3) is 0.286. The Bertz CT molecular complexity index is 700. The number of hydrogen-bond donors (Lipinski definition) is 1. The van der Waals surface area contributed by atoms with Gasteiger partial charge in [0.1, 0.15) is 5.82 Å². The van der Waals surface area contributed by atoms with E-state index < -0.39 is 0 Å². The summed E-state index contributed by atoms with van der Waals surface area (Å²) in [6.07, 6.45) is 0.767. The van der Waals surface area contributed by atoms with Crippen LogP contribution in [0.1, 0.15) is 19.5 Å². The first-order valence-electron chi connectivity index (χ1n) is 6.12. The van der Waals surface area contributed by atoms with Gasteiger partial charge in [0.2, 0.25) is 0 Å². The number of aromatic nitrogens is 2. The molecule has 6 heteroatoms. The molecule has 0 saturated heterocycles. The number of benzene rings is 1. The van der Waals surface area contributed by atoms with E-state index >= 15 is 0 Å². The van der Waals surface area contributed by atoms with Crippen LogP contribution in [0.4, 0.5) is 0 Å². The van der Waals surface area contributed by atoms with E-state index in [-0.39, 0.29) is 5.56 Å². The molecule has 0 fully saturated rings. The van der Waals surface area contributed by atoms with Crippen LogP contribution in [0.2, 0.25) is 5.02 Å². The number of rotatable bonds is 3. The predicted octanol–water partition coefficient (Wildman–Crippen LogP) is 4.66. The second-order valence-electron chi connectivity index (χ2n) is 4.90. The molecular weight excluding hydrogens is 454 g/mol. The minimum absolute atomic E-state index is 0.120. The Morgan fingerprint density at radius 3 is 2.75 bits per heavy atom. The highest BCUT2D eigenvalue weighted by Crippen LogP contribution is 2.28. The first-order chi connectivity index (χ1) is 9.38. The summed E-state index contributed by atoms with van der Waals surface area (Å²) in [4.78, 5) is 19.4. The normalized spacial score (nSPS) is 11.1. The molecule has 0 amide bonds. The van der Waals surface area contributed by atoms with Gasteiger partial charge in [-0.05, 0) is 53.1 Å². The van der Waals surface area contributed by atoms with Gasteiger partial charge in [0.05, 0.1) is 14.3 Å². The van der Waals surface area contributed by atoms with Gasteiger partial charge in [-0.25, -0.2) is 4.98 Å². The zero-order valence-corrected chi connectivity index (χ0v) is 15.5. The molecule has 1 heterocycles. The van der Waals surface area contributed by atoms with Crippen LogP contribution >= 0.6 is 50.1 Å². The van der Waals surface area contributed by atoms with E-state index in [0.717, 1.165) is 22.2 Å². The van der Waals surface area contributed by atoms with Crippen molar-refractivity contribution in [2.45, 2.75) is 20.3 Å². The number of H-pyrrole nitrogens is 1. The molecule has 0 bridgehead atoms. The lowest BCUT2D eigenvalue weighted by Gasteiger charge is -2.10. The summed E-state index contributed by atoms with van der Waals surface area (Å²) >= 11 is 11.6. The van der Waals surface area contributed by atoms with Crippen molar-refractivity contribution in [2.75, 3.05) is 0 Å². The molecule has 3 nitrogen and oxygen atoms in total. The lowest BCUT2D eigenvalue weighted by molar-refractivity contribution is 0.631. The highest BCUT2D eigenvalue weighted by atomic mass is 127. The van der Waals surface area contributed by atoms with E-state index in [2.05, 4.69) is 39.7 Å². The molecule has 0 radical (unpaired) electrons. The molecule has 1 N–H and O–H groups in total. The molecule has 0 unspecified atom stereocenters. The molecule has 0 aliphatic rings. The fourth-order valence-corrected chi connectivity index (χ4v) is 3.08. The quantitative estimate of drug-likeness (QED) is 0.668. The van der Waals surface area contributed by atoms with Crippen LogP contribution in [-0.2, 0) is 6.42 Å². The first-order valence-corrected chi connectivity index (χ1v) is 8.37. The average Bonchev–Trinajstić information content (AvgIpc) is 2.34. The highest BCUT2D eigenvalue weighted by molar-refractivity contribution is 14.1. The number of aromatic amines is 1. The van der Waals surface area contributed by atoms with E-state index in [0.29, 0.717) is 20.3 Å². The zero-order valence-electron chi connectivity index (χ0n) is 11.0. The number of nitrogens with one attached hydrogen (secondary N) is 1. The van der Waals surface area contributed by atoms with Crippen LogP contribution in [-0.4, -0.2) is 9.97 Å². The zero-order chi connectivity index (χ0) is 14.9. The molecular formula is C14H13BrClIN2O. The van der Waals surface area contributed by atoms with Gasteiger partial charge in [-0.3, -0.25) is 4.79 Å². The van der Waals surface area contributed by atoms with Crippen LogP contribution in [0.25, 0.3) is 11.4 Å². The summed E-state index contributed by atoms with van der Waals surface area (Å²) in [6.45, 7) is 4.20. The second-order valence-corrected chi connectivity index (χ2v) is 7.30. The number of halogens is 3. The van der Waals surface area contributed by atoms with Crippen LogP contribution in [0, 0.1) is 9.49 Å². The van der Waals surface area contributed by atoms with E-state index in [9.17, 15) is 4.79 Å². The number of nitrogens with zero attached hydrogens (tertiary/aromatic N) is 1. The van der Waals surface area contributed by atoms with E-state index in [1.807, 2.05) is 34.7 Å². The van der Waals surface area contributed by atoms with Gasteiger partial charge in [0.25, 0.3) is 5.56 Å². The topological polar surface area (TPSA) is 45.8 Å². The summed E-state index contributed by atoms with van der Waals surface area (Å²) in [5, 5.41) is 0.555. The second kappa shape index (κ2) is 6.58. The maximum atomic E-state index is 12.0. The first kappa shape index (κ1) is 16.0. The molecule has 0 aliphatic carbocycles. The average molecular weight is 468 g/mol. The fourth-order valence-electron chi connectivity index (χ4n) is 1.84. The van der Waals surface area contributed by atoms with Crippen molar-refractivity contribution in [3.8, 4) is 11.4 Å². The molecule has 2 rings (SSSR count). The van der Waals surface area contributed by atoms with Gasteiger partial charge in [-0.15, -0.1) is 0 Å². The van der Waals surface area contributed by atoms with Gasteiger partial charge >= 0.3 is 0 Å². The molecule has 1 aromatic carbocycles. The molecule has 1 aromatic heterocycles. The van der Waals surface area contributed by atoms with Gasteiger partial charge < -0.3 is 4.98 Å². The summed E-state index contributed by atoms with van der Waals surface area (Å²) in [7, 11) is 0. The Balaban J connectivity index is 2.57. The van der Waals surface area contributed by atoms with Gasteiger partial charge in [0.15, 0.2) is 0 Å². The van der Waals surface area contributed by atoms with E-state index in [1.165, 1.54) is 0 Å². The Morgan fingerprint density at radius 1 is 1.45 bits per heavy atom. The third-order valence-electron chi connectivity index (χ3n) is 2.72. The molecule has 106 valence electrons. The van der Waals surface area contributed by atoms with Crippen molar-refractivity contribution in [3.63, 3.8) is 0 Å². The summed E-state index contributed by atoms with van der Waals surface area (Å²) in [5.74, 6) is 0.953. The third-order valence-corrected chi connectivity index (χ3v) is 4.64. The lowest BCUT2D eigenvalue weighted by atomic mass is 10.1. The van der Waals surface area contributed by atoms with Gasteiger partial charge in [-0.1, -0.05) is 41.4 Å².